The predicted molar refractivity (Wildman–Crippen MR) is 80.0 cm³/mol. The first kappa shape index (κ1) is 13.8. The summed E-state index contributed by atoms with van der Waals surface area (Å²) in [6.45, 7) is 3.87. The normalized spacial score (nSPS) is 10.3. The average molecular weight is 319 g/mol. The van der Waals surface area contributed by atoms with Gasteiger partial charge in [0.05, 0.1) is 7.11 Å². The lowest BCUT2D eigenvalue weighted by Crippen LogP contribution is -2.05. The number of methoxy groups -OCH3 is 1. The smallest absolute Gasteiger partial charge is 0.193 e. The highest BCUT2D eigenvalue weighted by Gasteiger charge is 2.14. The van der Waals surface area contributed by atoms with Crippen molar-refractivity contribution in [2.45, 2.75) is 13.8 Å². The fourth-order valence-corrected chi connectivity index (χ4v) is 2.28. The lowest BCUT2D eigenvalue weighted by Gasteiger charge is -2.10. The van der Waals surface area contributed by atoms with Gasteiger partial charge < -0.3 is 4.74 Å². The molecule has 0 heterocycles. The quantitative estimate of drug-likeness (QED) is 0.788. The second kappa shape index (κ2) is 5.57. The van der Waals surface area contributed by atoms with Gasteiger partial charge in [-0.3, -0.25) is 4.79 Å². The van der Waals surface area contributed by atoms with Gasteiger partial charge in [0.15, 0.2) is 5.78 Å². The monoisotopic (exact) mass is 318 g/mol. The third-order valence-electron chi connectivity index (χ3n) is 3.09. The second-order valence-electron chi connectivity index (χ2n) is 4.47. The number of carbonyl (C=O) groups excluding carboxylic acids is 1. The van der Waals surface area contributed by atoms with E-state index < -0.39 is 0 Å². The topological polar surface area (TPSA) is 26.3 Å². The molecule has 2 aromatic rings. The molecule has 0 N–H and O–H groups in total. The van der Waals surface area contributed by atoms with Crippen LogP contribution in [0.4, 0.5) is 0 Å². The zero-order valence-electron chi connectivity index (χ0n) is 11.2. The van der Waals surface area contributed by atoms with E-state index in [1.54, 1.807) is 7.11 Å². The summed E-state index contributed by atoms with van der Waals surface area (Å²) in [6.07, 6.45) is 0. The Morgan fingerprint density at radius 1 is 1.05 bits per heavy atom. The van der Waals surface area contributed by atoms with Crippen molar-refractivity contribution in [2.75, 3.05) is 7.11 Å². The van der Waals surface area contributed by atoms with E-state index in [1.165, 1.54) is 0 Å². The number of hydrogen-bond acceptors (Lipinski definition) is 2. The Morgan fingerprint density at radius 2 is 1.68 bits per heavy atom. The van der Waals surface area contributed by atoms with Crippen molar-refractivity contribution >= 4 is 21.7 Å². The molecule has 3 heteroatoms. The fourth-order valence-electron chi connectivity index (χ4n) is 2.01. The first-order valence-corrected chi connectivity index (χ1v) is 6.77. The van der Waals surface area contributed by atoms with Crippen LogP contribution in [0.1, 0.15) is 27.0 Å². The lowest BCUT2D eigenvalue weighted by molar-refractivity contribution is 0.103. The van der Waals surface area contributed by atoms with Gasteiger partial charge in [-0.15, -0.1) is 0 Å². The molecule has 19 heavy (non-hydrogen) atoms. The Hall–Kier alpha value is -1.61. The lowest BCUT2D eigenvalue weighted by atomic mass is 9.97. The molecule has 0 radical (unpaired) electrons. The standard InChI is InChI=1S/C16H15BrO2/c1-10-9-15(19-3)11(2)8-14(10)16(18)12-4-6-13(17)7-5-12/h4-9H,1-3H3. The van der Waals surface area contributed by atoms with Crippen LogP contribution in [-0.4, -0.2) is 12.9 Å². The zero-order chi connectivity index (χ0) is 14.0. The van der Waals surface area contributed by atoms with Crippen LogP contribution in [0.15, 0.2) is 40.9 Å². The van der Waals surface area contributed by atoms with Crippen LogP contribution in [0.5, 0.6) is 5.75 Å². The number of hydrogen-bond donors (Lipinski definition) is 0. The molecule has 0 aliphatic heterocycles. The van der Waals surface area contributed by atoms with Gasteiger partial charge >= 0.3 is 0 Å². The predicted octanol–water partition coefficient (Wildman–Crippen LogP) is 4.31. The van der Waals surface area contributed by atoms with E-state index in [9.17, 15) is 4.79 Å². The van der Waals surface area contributed by atoms with Crippen LogP contribution >= 0.6 is 15.9 Å². The first-order chi connectivity index (χ1) is 9.02. The molecule has 0 atom stereocenters. The third kappa shape index (κ3) is 2.87. The summed E-state index contributed by atoms with van der Waals surface area (Å²) in [7, 11) is 1.64. The summed E-state index contributed by atoms with van der Waals surface area (Å²) in [4.78, 5) is 12.5. The molecule has 0 saturated heterocycles. The summed E-state index contributed by atoms with van der Waals surface area (Å²) in [5, 5.41) is 0. The minimum atomic E-state index is 0.0377. The van der Waals surface area contributed by atoms with Crippen LogP contribution in [0.2, 0.25) is 0 Å². The van der Waals surface area contributed by atoms with Crippen molar-refractivity contribution in [2.24, 2.45) is 0 Å². The molecule has 0 bridgehead atoms. The SMILES string of the molecule is COc1cc(C)c(C(=O)c2ccc(Br)cc2)cc1C. The van der Waals surface area contributed by atoms with Gasteiger partial charge in [-0.2, -0.15) is 0 Å². The van der Waals surface area contributed by atoms with Crippen molar-refractivity contribution in [3.63, 3.8) is 0 Å². The van der Waals surface area contributed by atoms with Crippen LogP contribution in [-0.2, 0) is 0 Å². The van der Waals surface area contributed by atoms with Gasteiger partial charge in [0.2, 0.25) is 0 Å². The van der Waals surface area contributed by atoms with E-state index in [1.807, 2.05) is 50.2 Å². The van der Waals surface area contributed by atoms with Gasteiger partial charge in [0.25, 0.3) is 0 Å². The van der Waals surface area contributed by atoms with E-state index in [0.717, 1.165) is 26.9 Å². The average Bonchev–Trinajstić information content (AvgIpc) is 2.41. The summed E-state index contributed by atoms with van der Waals surface area (Å²) in [5.41, 5.74) is 3.31. The van der Waals surface area contributed by atoms with Crippen LogP contribution < -0.4 is 4.74 Å². The summed E-state index contributed by atoms with van der Waals surface area (Å²) >= 11 is 3.37. The Balaban J connectivity index is 2.44. The maximum absolute atomic E-state index is 12.5. The van der Waals surface area contributed by atoms with E-state index in [4.69, 9.17) is 4.74 Å². The van der Waals surface area contributed by atoms with E-state index >= 15 is 0 Å². The maximum Gasteiger partial charge on any atom is 0.193 e. The molecular formula is C16H15BrO2. The highest BCUT2D eigenvalue weighted by atomic mass is 79.9. The largest absolute Gasteiger partial charge is 0.496 e. The van der Waals surface area contributed by atoms with Crippen molar-refractivity contribution in [1.29, 1.82) is 0 Å². The number of benzene rings is 2. The van der Waals surface area contributed by atoms with Crippen molar-refractivity contribution in [3.05, 3.63) is 63.1 Å². The summed E-state index contributed by atoms with van der Waals surface area (Å²) < 4.78 is 6.23. The third-order valence-corrected chi connectivity index (χ3v) is 3.62. The van der Waals surface area contributed by atoms with E-state index in [-0.39, 0.29) is 5.78 Å². The number of ether oxygens (including phenoxy) is 1. The Kier molecular flexibility index (Phi) is 4.05. The molecule has 0 unspecified atom stereocenters. The Morgan fingerprint density at radius 3 is 2.26 bits per heavy atom. The minimum Gasteiger partial charge on any atom is -0.496 e. The molecule has 0 aliphatic carbocycles. The molecule has 0 saturated carbocycles. The van der Waals surface area contributed by atoms with Crippen molar-refractivity contribution in [3.8, 4) is 5.75 Å². The molecule has 98 valence electrons. The molecule has 2 rings (SSSR count). The molecule has 2 aromatic carbocycles. The highest BCUT2D eigenvalue weighted by molar-refractivity contribution is 9.10. The van der Waals surface area contributed by atoms with Gasteiger partial charge in [-0.25, -0.2) is 0 Å². The van der Waals surface area contributed by atoms with Gasteiger partial charge in [0.1, 0.15) is 5.75 Å². The zero-order valence-corrected chi connectivity index (χ0v) is 12.7. The number of carbonyl (C=O) groups is 1. The highest BCUT2D eigenvalue weighted by Crippen LogP contribution is 2.24. The van der Waals surface area contributed by atoms with Crippen molar-refractivity contribution < 1.29 is 9.53 Å². The van der Waals surface area contributed by atoms with Gasteiger partial charge in [-0.1, -0.05) is 15.9 Å². The number of aryl methyl sites for hydroxylation is 2. The minimum absolute atomic E-state index is 0.0377. The fraction of sp³-hybridized carbons (Fsp3) is 0.188. The molecule has 0 amide bonds. The number of halogens is 1. The van der Waals surface area contributed by atoms with Gasteiger partial charge in [-0.05, 0) is 61.4 Å². The summed E-state index contributed by atoms with van der Waals surface area (Å²) in [5.74, 6) is 0.848. The number of ketones is 1. The van der Waals surface area contributed by atoms with E-state index in [0.29, 0.717) is 5.56 Å². The van der Waals surface area contributed by atoms with E-state index in [2.05, 4.69) is 15.9 Å². The molecule has 0 aliphatic rings. The second-order valence-corrected chi connectivity index (χ2v) is 5.39. The Labute approximate surface area is 121 Å². The maximum atomic E-state index is 12.5. The van der Waals surface area contributed by atoms with Crippen LogP contribution in [0.25, 0.3) is 0 Å². The molecule has 0 spiro atoms. The van der Waals surface area contributed by atoms with Crippen LogP contribution in [0, 0.1) is 13.8 Å². The first-order valence-electron chi connectivity index (χ1n) is 5.98. The molecule has 0 fully saturated rings. The molecular weight excluding hydrogens is 304 g/mol. The molecule has 2 nitrogen and oxygen atoms in total. The Bertz CT molecular complexity index is 615. The van der Waals surface area contributed by atoms with Gasteiger partial charge in [0, 0.05) is 15.6 Å². The molecule has 0 aromatic heterocycles. The van der Waals surface area contributed by atoms with Crippen LogP contribution in [0.3, 0.4) is 0 Å². The summed E-state index contributed by atoms with van der Waals surface area (Å²) in [6, 6.07) is 11.2. The van der Waals surface area contributed by atoms with Crippen molar-refractivity contribution in [1.82, 2.24) is 0 Å². The number of rotatable bonds is 3.